The van der Waals surface area contributed by atoms with Crippen molar-refractivity contribution in [2.24, 2.45) is 11.7 Å². The second-order valence-electron chi connectivity index (χ2n) is 4.31. The predicted molar refractivity (Wildman–Crippen MR) is 66.3 cm³/mol. The van der Waals surface area contributed by atoms with Crippen molar-refractivity contribution in [2.45, 2.75) is 19.9 Å². The lowest BCUT2D eigenvalue weighted by Crippen LogP contribution is -2.40. The van der Waals surface area contributed by atoms with Gasteiger partial charge in [0.1, 0.15) is 0 Å². The summed E-state index contributed by atoms with van der Waals surface area (Å²) in [5, 5.41) is 11.4. The SMILES string of the molecule is CC(C)C(N)CNC(=O)c1ccc(C#N)cc1. The number of hydrogen-bond donors (Lipinski definition) is 2. The van der Waals surface area contributed by atoms with E-state index >= 15 is 0 Å². The number of benzene rings is 1. The molecule has 0 aromatic heterocycles. The van der Waals surface area contributed by atoms with Crippen LogP contribution in [0.5, 0.6) is 0 Å². The number of hydrogen-bond acceptors (Lipinski definition) is 3. The maximum absolute atomic E-state index is 11.7. The molecule has 1 aromatic rings. The van der Waals surface area contributed by atoms with Crippen LogP contribution < -0.4 is 11.1 Å². The summed E-state index contributed by atoms with van der Waals surface area (Å²) >= 11 is 0. The highest BCUT2D eigenvalue weighted by atomic mass is 16.1. The normalized spacial score (nSPS) is 11.9. The zero-order valence-electron chi connectivity index (χ0n) is 10.1. The highest BCUT2D eigenvalue weighted by Crippen LogP contribution is 2.03. The van der Waals surface area contributed by atoms with Gasteiger partial charge in [-0.05, 0) is 30.2 Å². The van der Waals surface area contributed by atoms with Crippen LogP contribution in [0.1, 0.15) is 29.8 Å². The summed E-state index contributed by atoms with van der Waals surface area (Å²) in [6.45, 7) is 4.48. The van der Waals surface area contributed by atoms with Crippen molar-refractivity contribution >= 4 is 5.91 Å². The Morgan fingerprint density at radius 3 is 2.47 bits per heavy atom. The smallest absolute Gasteiger partial charge is 0.251 e. The summed E-state index contributed by atoms with van der Waals surface area (Å²) in [6.07, 6.45) is 0. The highest BCUT2D eigenvalue weighted by molar-refractivity contribution is 5.94. The summed E-state index contributed by atoms with van der Waals surface area (Å²) < 4.78 is 0. The molecule has 0 heterocycles. The molecule has 0 radical (unpaired) electrons. The van der Waals surface area contributed by atoms with Gasteiger partial charge in [0.2, 0.25) is 0 Å². The lowest BCUT2D eigenvalue weighted by Gasteiger charge is -2.16. The van der Waals surface area contributed by atoms with E-state index in [1.54, 1.807) is 24.3 Å². The van der Waals surface area contributed by atoms with E-state index in [0.717, 1.165) is 0 Å². The van der Waals surface area contributed by atoms with Crippen molar-refractivity contribution < 1.29 is 4.79 Å². The fourth-order valence-corrected chi connectivity index (χ4v) is 1.24. The largest absolute Gasteiger partial charge is 0.350 e. The van der Waals surface area contributed by atoms with Gasteiger partial charge in [-0.1, -0.05) is 13.8 Å². The molecule has 4 nitrogen and oxygen atoms in total. The van der Waals surface area contributed by atoms with Crippen molar-refractivity contribution in [2.75, 3.05) is 6.54 Å². The van der Waals surface area contributed by atoms with Crippen LogP contribution in [0, 0.1) is 17.2 Å². The zero-order valence-corrected chi connectivity index (χ0v) is 10.1. The first-order chi connectivity index (χ1) is 8.04. The lowest BCUT2D eigenvalue weighted by atomic mass is 10.1. The molecule has 1 aromatic carbocycles. The van der Waals surface area contributed by atoms with Gasteiger partial charge in [-0.15, -0.1) is 0 Å². The van der Waals surface area contributed by atoms with Crippen molar-refractivity contribution in [3.8, 4) is 6.07 Å². The molecule has 1 rings (SSSR count). The van der Waals surface area contributed by atoms with Gasteiger partial charge in [-0.3, -0.25) is 4.79 Å². The molecule has 0 saturated carbocycles. The number of carbonyl (C=O) groups is 1. The van der Waals surface area contributed by atoms with E-state index in [9.17, 15) is 4.79 Å². The molecular formula is C13H17N3O. The zero-order chi connectivity index (χ0) is 12.8. The van der Waals surface area contributed by atoms with Crippen molar-refractivity contribution in [3.05, 3.63) is 35.4 Å². The van der Waals surface area contributed by atoms with Crippen LogP contribution in [0.3, 0.4) is 0 Å². The predicted octanol–water partition coefficient (Wildman–Crippen LogP) is 1.27. The van der Waals surface area contributed by atoms with Gasteiger partial charge in [0.05, 0.1) is 11.6 Å². The van der Waals surface area contributed by atoms with Gasteiger partial charge in [0, 0.05) is 18.2 Å². The number of amides is 1. The molecule has 0 bridgehead atoms. The molecule has 1 atom stereocenters. The Kier molecular flexibility index (Phi) is 4.68. The molecule has 1 amide bonds. The minimum absolute atomic E-state index is 0.0441. The Morgan fingerprint density at radius 1 is 1.41 bits per heavy atom. The summed E-state index contributed by atoms with van der Waals surface area (Å²) in [4.78, 5) is 11.7. The number of rotatable bonds is 4. The third kappa shape index (κ3) is 3.89. The number of nitrogens with two attached hydrogens (primary N) is 1. The van der Waals surface area contributed by atoms with Crippen LogP contribution in [0.2, 0.25) is 0 Å². The van der Waals surface area contributed by atoms with E-state index in [2.05, 4.69) is 5.32 Å². The Morgan fingerprint density at radius 2 is 2.00 bits per heavy atom. The fourth-order valence-electron chi connectivity index (χ4n) is 1.24. The van der Waals surface area contributed by atoms with Crippen LogP contribution in [0.25, 0.3) is 0 Å². The topological polar surface area (TPSA) is 78.9 Å². The van der Waals surface area contributed by atoms with Crippen LogP contribution in [-0.4, -0.2) is 18.5 Å². The van der Waals surface area contributed by atoms with Gasteiger partial charge in [-0.25, -0.2) is 0 Å². The van der Waals surface area contributed by atoms with Gasteiger partial charge in [0.15, 0.2) is 0 Å². The standard InChI is InChI=1S/C13H17N3O/c1-9(2)12(15)8-16-13(17)11-5-3-10(7-14)4-6-11/h3-6,9,12H,8,15H2,1-2H3,(H,16,17). The first-order valence-corrected chi connectivity index (χ1v) is 5.58. The first kappa shape index (κ1) is 13.2. The molecule has 0 fully saturated rings. The highest BCUT2D eigenvalue weighted by Gasteiger charge is 2.10. The van der Waals surface area contributed by atoms with E-state index in [-0.39, 0.29) is 11.9 Å². The number of nitriles is 1. The van der Waals surface area contributed by atoms with Crippen LogP contribution in [0.15, 0.2) is 24.3 Å². The van der Waals surface area contributed by atoms with Crippen molar-refractivity contribution in [3.63, 3.8) is 0 Å². The fraction of sp³-hybridized carbons (Fsp3) is 0.385. The molecule has 0 aliphatic rings. The van der Waals surface area contributed by atoms with Crippen LogP contribution in [0.4, 0.5) is 0 Å². The molecule has 3 N–H and O–H groups in total. The average molecular weight is 231 g/mol. The maximum Gasteiger partial charge on any atom is 0.251 e. The third-order valence-electron chi connectivity index (χ3n) is 2.63. The summed E-state index contributed by atoms with van der Waals surface area (Å²) in [5.41, 5.74) is 6.91. The molecule has 0 aliphatic carbocycles. The van der Waals surface area contributed by atoms with Crippen molar-refractivity contribution in [1.82, 2.24) is 5.32 Å². The Labute approximate surface area is 101 Å². The molecule has 0 saturated heterocycles. The molecule has 0 spiro atoms. The Bertz CT molecular complexity index is 417. The molecule has 0 aliphatic heterocycles. The van der Waals surface area contributed by atoms with Gasteiger partial charge in [0.25, 0.3) is 5.91 Å². The molecular weight excluding hydrogens is 214 g/mol. The summed E-state index contributed by atoms with van der Waals surface area (Å²) in [6, 6.07) is 8.47. The molecule has 4 heteroatoms. The minimum atomic E-state index is -0.161. The lowest BCUT2D eigenvalue weighted by molar-refractivity contribution is 0.0949. The minimum Gasteiger partial charge on any atom is -0.350 e. The quantitative estimate of drug-likeness (QED) is 0.819. The number of carbonyl (C=O) groups excluding carboxylic acids is 1. The van der Waals surface area contributed by atoms with Gasteiger partial charge in [-0.2, -0.15) is 5.26 Å². The van der Waals surface area contributed by atoms with E-state index in [1.807, 2.05) is 19.9 Å². The van der Waals surface area contributed by atoms with E-state index in [0.29, 0.717) is 23.6 Å². The Hall–Kier alpha value is -1.86. The molecule has 17 heavy (non-hydrogen) atoms. The van der Waals surface area contributed by atoms with Crippen LogP contribution >= 0.6 is 0 Å². The maximum atomic E-state index is 11.7. The second-order valence-corrected chi connectivity index (χ2v) is 4.31. The number of nitrogens with one attached hydrogen (secondary N) is 1. The monoisotopic (exact) mass is 231 g/mol. The van der Waals surface area contributed by atoms with E-state index in [4.69, 9.17) is 11.0 Å². The Balaban J connectivity index is 2.56. The van der Waals surface area contributed by atoms with Crippen LogP contribution in [-0.2, 0) is 0 Å². The van der Waals surface area contributed by atoms with E-state index < -0.39 is 0 Å². The number of nitrogens with zero attached hydrogens (tertiary/aromatic N) is 1. The molecule has 90 valence electrons. The first-order valence-electron chi connectivity index (χ1n) is 5.58. The second kappa shape index (κ2) is 6.02. The summed E-state index contributed by atoms with van der Waals surface area (Å²) in [7, 11) is 0. The van der Waals surface area contributed by atoms with E-state index in [1.165, 1.54) is 0 Å². The van der Waals surface area contributed by atoms with Gasteiger partial charge < -0.3 is 11.1 Å². The van der Waals surface area contributed by atoms with Gasteiger partial charge >= 0.3 is 0 Å². The third-order valence-corrected chi connectivity index (χ3v) is 2.63. The average Bonchev–Trinajstić information content (AvgIpc) is 2.35. The molecule has 1 unspecified atom stereocenters. The van der Waals surface area contributed by atoms with Crippen molar-refractivity contribution in [1.29, 1.82) is 5.26 Å². The summed E-state index contributed by atoms with van der Waals surface area (Å²) in [5.74, 6) is 0.168.